The number of nitrogens with one attached hydrogen (secondary N) is 5. The number of fused-ring (bicyclic) bond motifs is 1. The summed E-state index contributed by atoms with van der Waals surface area (Å²) < 4.78 is 29.2. The van der Waals surface area contributed by atoms with Crippen molar-refractivity contribution in [1.82, 2.24) is 15.3 Å². The van der Waals surface area contributed by atoms with Gasteiger partial charge in [-0.2, -0.15) is 13.4 Å². The summed E-state index contributed by atoms with van der Waals surface area (Å²) in [5, 5.41) is 29.5. The molecule has 0 saturated heterocycles. The number of nitrogens with zero attached hydrogens (tertiary/aromatic N) is 1. The van der Waals surface area contributed by atoms with E-state index >= 15 is 0 Å². The molecule has 0 spiro atoms. The molecule has 0 aliphatic carbocycles. The topological polar surface area (TPSA) is 266 Å². The van der Waals surface area contributed by atoms with Crippen molar-refractivity contribution in [3.05, 3.63) is 70.5 Å². The number of H-pyrrole nitrogens is 1. The van der Waals surface area contributed by atoms with Crippen molar-refractivity contribution in [2.45, 2.75) is 29.8 Å². The second-order valence-corrected chi connectivity index (χ2v) is 10.4. The van der Waals surface area contributed by atoms with E-state index in [1.165, 1.54) is 24.3 Å². The molecule has 10 N–H and O–H groups in total. The molecular formula is C25H29N7O9S. The van der Waals surface area contributed by atoms with Gasteiger partial charge in [0, 0.05) is 30.8 Å². The summed E-state index contributed by atoms with van der Waals surface area (Å²) in [5.41, 5.74) is 6.40. The number of carbonyl (C=O) groups is 3. The molecule has 42 heavy (non-hydrogen) atoms. The van der Waals surface area contributed by atoms with Crippen molar-refractivity contribution in [2.24, 2.45) is 0 Å². The number of benzene rings is 2. The molecule has 0 saturated carbocycles. The lowest BCUT2D eigenvalue weighted by molar-refractivity contribution is -0.140. The van der Waals surface area contributed by atoms with Gasteiger partial charge in [-0.3, -0.25) is 23.9 Å². The zero-order valence-corrected chi connectivity index (χ0v) is 22.7. The summed E-state index contributed by atoms with van der Waals surface area (Å²) in [6, 6.07) is 12.4. The highest BCUT2D eigenvalue weighted by molar-refractivity contribution is 7.85. The number of hydrogen-bond acceptors (Lipinski definition) is 11. The van der Waals surface area contributed by atoms with Crippen molar-refractivity contribution in [2.75, 3.05) is 34.8 Å². The first-order valence-electron chi connectivity index (χ1n) is 12.4. The van der Waals surface area contributed by atoms with Gasteiger partial charge in [0.15, 0.2) is 5.82 Å². The number of rotatable bonds is 10. The molecule has 2 heterocycles. The number of carbonyl (C=O) groups excluding carboxylic acids is 1. The zero-order chi connectivity index (χ0) is 30.9. The molecule has 0 fully saturated rings. The van der Waals surface area contributed by atoms with E-state index in [9.17, 15) is 27.6 Å². The average molecular weight is 604 g/mol. The van der Waals surface area contributed by atoms with Gasteiger partial charge >= 0.3 is 11.9 Å². The number of anilines is 4. The second kappa shape index (κ2) is 14.0. The van der Waals surface area contributed by atoms with Crippen molar-refractivity contribution < 1.29 is 37.6 Å². The Morgan fingerprint density at radius 2 is 1.74 bits per heavy atom. The summed E-state index contributed by atoms with van der Waals surface area (Å²) in [6.07, 6.45) is -0.587. The van der Waals surface area contributed by atoms with Gasteiger partial charge in [0.25, 0.3) is 21.6 Å². The van der Waals surface area contributed by atoms with Crippen LogP contribution in [0.2, 0.25) is 0 Å². The van der Waals surface area contributed by atoms with Gasteiger partial charge in [-0.15, -0.1) is 0 Å². The Labute approximate surface area is 239 Å². The molecule has 1 aliphatic rings. The molecule has 1 aromatic heterocycles. The highest BCUT2D eigenvalue weighted by Gasteiger charge is 2.23. The van der Waals surface area contributed by atoms with Crippen molar-refractivity contribution in [3.8, 4) is 0 Å². The number of carboxylic acid groups (broad SMARTS) is 2. The molecule has 2 atom stereocenters. The van der Waals surface area contributed by atoms with Crippen LogP contribution in [0.4, 0.5) is 23.1 Å². The van der Waals surface area contributed by atoms with E-state index in [2.05, 4.69) is 31.2 Å². The molecule has 1 unspecified atom stereocenters. The quantitative estimate of drug-likeness (QED) is 0.144. The molecule has 2 aromatic carbocycles. The Kier molecular flexibility index (Phi) is 10.4. The summed E-state index contributed by atoms with van der Waals surface area (Å²) in [4.78, 5) is 52.5. The maximum absolute atomic E-state index is 12.3. The molecule has 0 radical (unpaired) electrons. The van der Waals surface area contributed by atoms with Crippen molar-refractivity contribution >= 4 is 51.1 Å². The van der Waals surface area contributed by atoms with Crippen LogP contribution in [0.3, 0.4) is 0 Å². The average Bonchev–Trinajstić information content (AvgIpc) is 2.94. The number of hydrogen-bond donors (Lipinski definition) is 9. The van der Waals surface area contributed by atoms with Gasteiger partial charge in [0.1, 0.15) is 11.7 Å². The number of aromatic amines is 1. The fourth-order valence-electron chi connectivity index (χ4n) is 3.69. The van der Waals surface area contributed by atoms with Crippen LogP contribution in [0.5, 0.6) is 0 Å². The van der Waals surface area contributed by atoms with Gasteiger partial charge in [0.05, 0.1) is 10.9 Å². The van der Waals surface area contributed by atoms with Gasteiger partial charge in [-0.05, 0) is 42.8 Å². The van der Waals surface area contributed by atoms with Gasteiger partial charge < -0.3 is 37.2 Å². The lowest BCUT2D eigenvalue weighted by Gasteiger charge is -2.27. The summed E-state index contributed by atoms with van der Waals surface area (Å²) >= 11 is 0. The third-order valence-corrected chi connectivity index (χ3v) is 6.66. The highest BCUT2D eigenvalue weighted by Crippen LogP contribution is 2.20. The summed E-state index contributed by atoms with van der Waals surface area (Å²) in [7, 11) is -4.00. The van der Waals surface area contributed by atoms with Crippen LogP contribution in [0.1, 0.15) is 23.2 Å². The predicted octanol–water partition coefficient (Wildman–Crippen LogP) is 0.651. The van der Waals surface area contributed by atoms with E-state index in [1.54, 1.807) is 30.3 Å². The minimum absolute atomic E-state index is 0.0281. The predicted molar refractivity (Wildman–Crippen MR) is 152 cm³/mol. The molecule has 4 rings (SSSR count). The molecule has 3 aromatic rings. The van der Waals surface area contributed by atoms with E-state index in [0.717, 1.165) is 0 Å². The standard InChI is InChI=1S/C19H23N7O6.C6H6O3S/c20-19-25-15-14(17(30)26-19)23-11(8-22-15)7-21-10-3-1-9(2-4-10)16(29)24-12(18(31)32)5-6-13(27)28;7-10(8,9)6-4-2-1-3-5-6/h1-4,11-12,21,23H,5-8H2,(H,24,29)(H,27,28)(H,31,32)(H4,20,22,25,26,30);1-5H,(H,7,8,9)/t11-,12?;/m0./s1. The number of nitrogen functional groups attached to an aromatic ring is 1. The van der Waals surface area contributed by atoms with E-state index in [-0.39, 0.29) is 40.9 Å². The van der Waals surface area contributed by atoms with Crippen molar-refractivity contribution in [1.29, 1.82) is 0 Å². The first-order valence-corrected chi connectivity index (χ1v) is 13.8. The Hall–Kier alpha value is -5.16. The summed E-state index contributed by atoms with van der Waals surface area (Å²) in [5.74, 6) is -2.64. The Balaban J connectivity index is 0.000000408. The van der Waals surface area contributed by atoms with Crippen molar-refractivity contribution in [3.63, 3.8) is 0 Å². The number of aliphatic carboxylic acids is 2. The molecule has 17 heteroatoms. The first-order chi connectivity index (χ1) is 19.8. The monoisotopic (exact) mass is 603 g/mol. The lowest BCUT2D eigenvalue weighted by atomic mass is 10.1. The summed E-state index contributed by atoms with van der Waals surface area (Å²) in [6.45, 7) is 0.960. The van der Waals surface area contributed by atoms with Crippen LogP contribution in [0, 0.1) is 0 Å². The third-order valence-electron chi connectivity index (χ3n) is 5.79. The van der Waals surface area contributed by atoms with E-state index in [4.69, 9.17) is 20.5 Å². The van der Waals surface area contributed by atoms with Crippen LogP contribution in [0.25, 0.3) is 0 Å². The maximum atomic E-state index is 12.3. The number of nitrogens with two attached hydrogens (primary N) is 1. The molecule has 1 aliphatic heterocycles. The SMILES string of the molecule is Nc1nc2c(c(=O)[nH]1)N[C@@H](CNc1ccc(C(=O)NC(CCC(=O)O)C(=O)O)cc1)CN2.O=S(=O)(O)c1ccccc1. The fraction of sp³-hybridized carbons (Fsp3) is 0.240. The zero-order valence-electron chi connectivity index (χ0n) is 21.9. The minimum Gasteiger partial charge on any atom is -0.481 e. The smallest absolute Gasteiger partial charge is 0.326 e. The van der Waals surface area contributed by atoms with Gasteiger partial charge in [0.2, 0.25) is 5.95 Å². The minimum atomic E-state index is -4.00. The molecule has 1 amide bonds. The van der Waals surface area contributed by atoms with Crippen LogP contribution in [-0.2, 0) is 19.7 Å². The Bertz CT molecular complexity index is 1580. The van der Waals surface area contributed by atoms with Gasteiger partial charge in [-0.25, -0.2) is 4.79 Å². The molecule has 16 nitrogen and oxygen atoms in total. The highest BCUT2D eigenvalue weighted by atomic mass is 32.2. The van der Waals surface area contributed by atoms with Crippen LogP contribution in [-0.4, -0.2) is 76.2 Å². The largest absolute Gasteiger partial charge is 0.481 e. The Morgan fingerprint density at radius 1 is 1.07 bits per heavy atom. The fourth-order valence-corrected chi connectivity index (χ4v) is 4.19. The maximum Gasteiger partial charge on any atom is 0.326 e. The molecular weight excluding hydrogens is 574 g/mol. The first kappa shape index (κ1) is 31.4. The van der Waals surface area contributed by atoms with E-state index < -0.39 is 34.0 Å². The van der Waals surface area contributed by atoms with Crippen LogP contribution < -0.4 is 32.6 Å². The third kappa shape index (κ3) is 9.20. The molecule has 224 valence electrons. The number of aromatic nitrogens is 2. The molecule has 0 bridgehead atoms. The van der Waals surface area contributed by atoms with Crippen LogP contribution in [0.15, 0.2) is 64.3 Å². The van der Waals surface area contributed by atoms with E-state index in [1.807, 2.05) is 0 Å². The van der Waals surface area contributed by atoms with Crippen LogP contribution >= 0.6 is 0 Å². The Morgan fingerprint density at radius 3 is 2.31 bits per heavy atom. The number of carboxylic acids is 2. The second-order valence-electron chi connectivity index (χ2n) is 8.94. The normalized spacial score (nSPS) is 14.5. The lowest BCUT2D eigenvalue weighted by Crippen LogP contribution is -2.41. The van der Waals surface area contributed by atoms with Gasteiger partial charge in [-0.1, -0.05) is 18.2 Å². The van der Waals surface area contributed by atoms with E-state index in [0.29, 0.717) is 30.3 Å². The number of amides is 1.